The molecule has 2 aliphatic heterocycles. The van der Waals surface area contributed by atoms with E-state index in [1.807, 2.05) is 12.1 Å². The smallest absolute Gasteiger partial charge is 0.234 e. The van der Waals surface area contributed by atoms with Crippen molar-refractivity contribution in [1.29, 1.82) is 0 Å². The molecule has 3 N–H and O–H groups in total. The summed E-state index contributed by atoms with van der Waals surface area (Å²) in [6.45, 7) is 3.76. The summed E-state index contributed by atoms with van der Waals surface area (Å²) in [5, 5.41) is 8.64. The lowest BCUT2D eigenvalue weighted by molar-refractivity contribution is 0.603. The molecule has 4 rings (SSSR count). The van der Waals surface area contributed by atoms with Crippen molar-refractivity contribution in [2.24, 2.45) is 10.1 Å². The molecule has 1 aromatic rings. The predicted octanol–water partition coefficient (Wildman–Crippen LogP) is 1.52. The van der Waals surface area contributed by atoms with Crippen LogP contribution in [0.2, 0.25) is 0 Å². The molecule has 0 atom stereocenters. The number of anilines is 1. The largest absolute Gasteiger partial charge is 0.339 e. The molecule has 0 amide bonds. The summed E-state index contributed by atoms with van der Waals surface area (Å²) in [5.74, 6) is 0.734. The third-order valence-corrected chi connectivity index (χ3v) is 6.15. The van der Waals surface area contributed by atoms with Gasteiger partial charge in [-0.3, -0.25) is 4.99 Å². The van der Waals surface area contributed by atoms with Gasteiger partial charge in [-0.1, -0.05) is 12.2 Å². The summed E-state index contributed by atoms with van der Waals surface area (Å²) in [5.41, 5.74) is 3.46. The quantitative estimate of drug-likeness (QED) is 0.778. The monoisotopic (exact) mass is 412 g/mol. The first kappa shape index (κ1) is 19.7. The highest BCUT2D eigenvalue weighted by Gasteiger charge is 2.17. The van der Waals surface area contributed by atoms with Crippen molar-refractivity contribution in [3.8, 4) is 0 Å². The summed E-state index contributed by atoms with van der Waals surface area (Å²) < 4.78 is 23.2. The molecule has 3 aliphatic rings. The Labute approximate surface area is 170 Å². The number of primary sulfonamides is 1. The second-order valence-electron chi connectivity index (χ2n) is 7.12. The van der Waals surface area contributed by atoms with Gasteiger partial charge >= 0.3 is 0 Å². The number of sulfonamides is 1. The highest BCUT2D eigenvalue weighted by molar-refractivity contribution is 7.93. The molecule has 1 aromatic heterocycles. The number of nitrogens with two attached hydrogens (primary N) is 1. The average Bonchev–Trinajstić information content (AvgIpc) is 3.16. The van der Waals surface area contributed by atoms with Gasteiger partial charge in [0.25, 0.3) is 0 Å². The number of hydrogen-bond acceptors (Lipinski definition) is 7. The summed E-state index contributed by atoms with van der Waals surface area (Å²) in [6.07, 6.45) is 12.7. The number of aromatic nitrogens is 2. The molecule has 9 heteroatoms. The van der Waals surface area contributed by atoms with Crippen LogP contribution in [-0.4, -0.2) is 50.8 Å². The van der Waals surface area contributed by atoms with Gasteiger partial charge in [0.2, 0.25) is 16.0 Å². The van der Waals surface area contributed by atoms with Gasteiger partial charge in [-0.2, -0.15) is 0 Å². The number of fused-ring (bicyclic) bond motifs is 1. The first-order valence-electron chi connectivity index (χ1n) is 9.67. The molecule has 8 nitrogen and oxygen atoms in total. The van der Waals surface area contributed by atoms with Crippen molar-refractivity contribution in [2.75, 3.05) is 31.1 Å². The van der Waals surface area contributed by atoms with E-state index in [4.69, 9.17) is 10.1 Å². The van der Waals surface area contributed by atoms with E-state index in [2.05, 4.69) is 26.3 Å². The normalized spacial score (nSPS) is 20.4. The van der Waals surface area contributed by atoms with Crippen LogP contribution < -0.4 is 15.4 Å². The maximum atomic E-state index is 11.6. The zero-order valence-electron chi connectivity index (χ0n) is 16.1. The van der Waals surface area contributed by atoms with E-state index in [1.54, 1.807) is 18.5 Å². The minimum absolute atomic E-state index is 0.192. The van der Waals surface area contributed by atoms with Crippen molar-refractivity contribution >= 4 is 27.8 Å². The standard InChI is InChI=1S/C20H24N6O2S/c21-29(27,28)17-5-4-15-2-3-16(14-24-18(15)7-6-17)19-8-10-23-20(25-19)26-12-1-9-22-11-13-26/h3-4,6-8,10,14,22H,1-2,5,9,11-13H2,(H2,21,27,28). The first-order chi connectivity index (χ1) is 14.0. The van der Waals surface area contributed by atoms with Crippen LogP contribution in [0.25, 0.3) is 5.57 Å². The van der Waals surface area contributed by atoms with Crippen LogP contribution >= 0.6 is 0 Å². The maximum Gasteiger partial charge on any atom is 0.234 e. The third kappa shape index (κ3) is 4.69. The SMILES string of the molecule is NS(=O)(=O)C1=CC=C2N=CC(c3ccnc(N4CCCNCC4)n3)=CCC2=CC1. The van der Waals surface area contributed by atoms with Gasteiger partial charge < -0.3 is 10.2 Å². The molecule has 0 spiro atoms. The fourth-order valence-electron chi connectivity index (χ4n) is 3.49. The molecule has 0 radical (unpaired) electrons. The Bertz CT molecular complexity index is 1040. The Balaban J connectivity index is 1.59. The molecule has 1 aliphatic carbocycles. The summed E-state index contributed by atoms with van der Waals surface area (Å²) in [7, 11) is -3.69. The van der Waals surface area contributed by atoms with E-state index in [9.17, 15) is 8.42 Å². The van der Waals surface area contributed by atoms with Gasteiger partial charge in [0.05, 0.1) is 16.3 Å². The predicted molar refractivity (Wildman–Crippen MR) is 115 cm³/mol. The highest BCUT2D eigenvalue weighted by Crippen LogP contribution is 2.28. The summed E-state index contributed by atoms with van der Waals surface area (Å²) >= 11 is 0. The highest BCUT2D eigenvalue weighted by atomic mass is 32.2. The molecule has 1 saturated heterocycles. The van der Waals surface area contributed by atoms with Crippen LogP contribution in [0.4, 0.5) is 5.95 Å². The molecular weight excluding hydrogens is 388 g/mol. The zero-order valence-corrected chi connectivity index (χ0v) is 16.9. The van der Waals surface area contributed by atoms with Crippen molar-refractivity contribution in [3.63, 3.8) is 0 Å². The van der Waals surface area contributed by atoms with Gasteiger partial charge in [-0.25, -0.2) is 23.5 Å². The number of rotatable bonds is 3. The second-order valence-corrected chi connectivity index (χ2v) is 8.73. The Morgan fingerprint density at radius 2 is 2.00 bits per heavy atom. The summed E-state index contributed by atoms with van der Waals surface area (Å²) in [4.78, 5) is 16.2. The van der Waals surface area contributed by atoms with Crippen LogP contribution in [0, 0.1) is 0 Å². The maximum absolute atomic E-state index is 11.6. The van der Waals surface area contributed by atoms with Crippen molar-refractivity contribution in [1.82, 2.24) is 15.3 Å². The lowest BCUT2D eigenvalue weighted by atomic mass is 10.1. The zero-order chi connectivity index (χ0) is 20.3. The average molecular weight is 413 g/mol. The lowest BCUT2D eigenvalue weighted by Crippen LogP contribution is -2.29. The molecule has 29 heavy (non-hydrogen) atoms. The Morgan fingerprint density at radius 1 is 1.10 bits per heavy atom. The van der Waals surface area contributed by atoms with Gasteiger partial charge in [-0.15, -0.1) is 0 Å². The van der Waals surface area contributed by atoms with Crippen molar-refractivity contribution in [2.45, 2.75) is 19.3 Å². The first-order valence-corrected chi connectivity index (χ1v) is 11.2. The number of allylic oxidation sites excluding steroid dienone is 7. The topological polar surface area (TPSA) is 114 Å². The van der Waals surface area contributed by atoms with Crippen LogP contribution in [0.15, 0.2) is 57.7 Å². The van der Waals surface area contributed by atoms with E-state index in [-0.39, 0.29) is 11.3 Å². The molecule has 0 saturated carbocycles. The molecule has 152 valence electrons. The minimum Gasteiger partial charge on any atom is -0.339 e. The van der Waals surface area contributed by atoms with E-state index in [0.29, 0.717) is 6.42 Å². The van der Waals surface area contributed by atoms with Gasteiger partial charge in [0.15, 0.2) is 0 Å². The van der Waals surface area contributed by atoms with E-state index in [0.717, 1.165) is 61.1 Å². The molecule has 0 aromatic carbocycles. The van der Waals surface area contributed by atoms with Gasteiger partial charge in [0.1, 0.15) is 0 Å². The van der Waals surface area contributed by atoms with Crippen LogP contribution in [0.1, 0.15) is 25.0 Å². The molecule has 1 fully saturated rings. The summed E-state index contributed by atoms with van der Waals surface area (Å²) in [6, 6.07) is 1.89. The van der Waals surface area contributed by atoms with Gasteiger partial charge in [-0.05, 0) is 43.2 Å². The van der Waals surface area contributed by atoms with Crippen LogP contribution in [-0.2, 0) is 10.0 Å². The third-order valence-electron chi connectivity index (χ3n) is 5.12. The fourth-order valence-corrected chi connectivity index (χ4v) is 4.06. The minimum atomic E-state index is -3.69. The second kappa shape index (κ2) is 8.40. The Kier molecular flexibility index (Phi) is 5.70. The molecular formula is C20H24N6O2S. The fraction of sp³-hybridized carbons (Fsp3) is 0.350. The molecule has 3 heterocycles. The number of nitrogens with zero attached hydrogens (tertiary/aromatic N) is 4. The van der Waals surface area contributed by atoms with Crippen LogP contribution in [0.3, 0.4) is 0 Å². The van der Waals surface area contributed by atoms with Gasteiger partial charge in [0, 0.05) is 44.0 Å². The number of nitrogens with one attached hydrogen (secondary N) is 1. The van der Waals surface area contributed by atoms with E-state index in [1.165, 1.54) is 6.08 Å². The molecule has 0 bridgehead atoms. The molecule has 0 unspecified atom stereocenters. The van der Waals surface area contributed by atoms with E-state index < -0.39 is 10.0 Å². The van der Waals surface area contributed by atoms with E-state index >= 15 is 0 Å². The van der Waals surface area contributed by atoms with Crippen molar-refractivity contribution < 1.29 is 8.42 Å². The Hall–Kier alpha value is -2.62. The number of aliphatic imine (C=N–C) groups is 1. The van der Waals surface area contributed by atoms with Crippen molar-refractivity contribution in [3.05, 3.63) is 58.4 Å². The van der Waals surface area contributed by atoms with Crippen LogP contribution in [0.5, 0.6) is 0 Å². The Morgan fingerprint density at radius 3 is 2.86 bits per heavy atom. The number of hydrogen-bond donors (Lipinski definition) is 2. The lowest BCUT2D eigenvalue weighted by Gasteiger charge is -2.20.